The molecule has 3 fully saturated rings. The van der Waals surface area contributed by atoms with Gasteiger partial charge in [0.15, 0.2) is 0 Å². The summed E-state index contributed by atoms with van der Waals surface area (Å²) in [6.07, 6.45) is 9.42. The molecule has 3 heterocycles. The lowest BCUT2D eigenvalue weighted by molar-refractivity contribution is -0.151. The summed E-state index contributed by atoms with van der Waals surface area (Å²) in [6, 6.07) is 0.320. The van der Waals surface area contributed by atoms with Gasteiger partial charge in [0, 0.05) is 6.04 Å². The maximum Gasteiger partial charge on any atom is 0.312 e. The highest BCUT2D eigenvalue weighted by Crippen LogP contribution is 2.53. The van der Waals surface area contributed by atoms with Gasteiger partial charge in [-0.05, 0) is 12.8 Å². The van der Waals surface area contributed by atoms with Gasteiger partial charge in [-0.25, -0.2) is 0 Å². The van der Waals surface area contributed by atoms with Crippen molar-refractivity contribution >= 4 is 11.9 Å². The Hall–Kier alpha value is -1.36. The van der Waals surface area contributed by atoms with E-state index in [1.54, 1.807) is 0 Å². The molecule has 0 aromatic rings. The van der Waals surface area contributed by atoms with Crippen molar-refractivity contribution in [2.75, 3.05) is 13.7 Å². The average Bonchev–Trinajstić information content (AvgIpc) is 3.16. The van der Waals surface area contributed by atoms with Gasteiger partial charge in [-0.15, -0.1) is 0 Å². The number of likely N-dealkylation sites (tertiary alicyclic amines) is 1. The molecule has 1 spiro atoms. The molecule has 21 heavy (non-hydrogen) atoms. The predicted molar refractivity (Wildman–Crippen MR) is 74.3 cm³/mol. The van der Waals surface area contributed by atoms with Crippen LogP contribution >= 0.6 is 0 Å². The maximum atomic E-state index is 12.9. The Kier molecular flexibility index (Phi) is 2.89. The normalized spacial score (nSPS) is 41.7. The lowest BCUT2D eigenvalue weighted by Crippen LogP contribution is -2.42. The van der Waals surface area contributed by atoms with Crippen LogP contribution in [0.4, 0.5) is 0 Å². The summed E-state index contributed by atoms with van der Waals surface area (Å²) >= 11 is 0. The van der Waals surface area contributed by atoms with Crippen LogP contribution in [0.1, 0.15) is 32.1 Å². The summed E-state index contributed by atoms with van der Waals surface area (Å²) in [5.41, 5.74) is -0.585. The van der Waals surface area contributed by atoms with E-state index in [1.165, 1.54) is 26.4 Å². The van der Waals surface area contributed by atoms with Crippen LogP contribution in [-0.2, 0) is 19.1 Å². The number of fused-ring (bicyclic) bond motifs is 1. The molecule has 5 heteroatoms. The molecule has 1 saturated carbocycles. The zero-order valence-electron chi connectivity index (χ0n) is 12.3. The number of methoxy groups -OCH3 is 1. The van der Waals surface area contributed by atoms with Crippen LogP contribution in [0.3, 0.4) is 0 Å². The highest BCUT2D eigenvalue weighted by atomic mass is 16.5. The Morgan fingerprint density at radius 3 is 2.86 bits per heavy atom. The number of carbonyl (C=O) groups excluding carboxylic acids is 2. The Bertz CT molecular complexity index is 510. The largest absolute Gasteiger partial charge is 0.469 e. The highest BCUT2D eigenvalue weighted by Gasteiger charge is 2.67. The van der Waals surface area contributed by atoms with E-state index in [0.717, 1.165) is 12.8 Å². The molecule has 2 saturated heterocycles. The topological polar surface area (TPSA) is 55.8 Å². The number of hydrogen-bond acceptors (Lipinski definition) is 4. The van der Waals surface area contributed by atoms with E-state index in [-0.39, 0.29) is 23.9 Å². The van der Waals surface area contributed by atoms with Gasteiger partial charge in [-0.1, -0.05) is 31.4 Å². The van der Waals surface area contributed by atoms with Crippen molar-refractivity contribution in [3.8, 4) is 0 Å². The molecule has 3 aliphatic heterocycles. The zero-order chi connectivity index (χ0) is 14.6. The highest BCUT2D eigenvalue weighted by molar-refractivity contribution is 5.91. The predicted octanol–water partition coefficient (Wildman–Crippen LogP) is 1.27. The smallest absolute Gasteiger partial charge is 0.312 e. The van der Waals surface area contributed by atoms with Crippen LogP contribution < -0.4 is 0 Å². The molecule has 1 amide bonds. The van der Waals surface area contributed by atoms with Gasteiger partial charge in [-0.3, -0.25) is 9.59 Å². The molecule has 0 aromatic carbocycles. The lowest BCUT2D eigenvalue weighted by Gasteiger charge is -2.32. The Morgan fingerprint density at radius 1 is 1.38 bits per heavy atom. The van der Waals surface area contributed by atoms with Gasteiger partial charge in [0.2, 0.25) is 5.91 Å². The van der Waals surface area contributed by atoms with E-state index >= 15 is 0 Å². The number of amides is 1. The van der Waals surface area contributed by atoms with Gasteiger partial charge < -0.3 is 14.4 Å². The number of rotatable bonds is 2. The summed E-state index contributed by atoms with van der Waals surface area (Å²) in [5.74, 6) is -1.10. The van der Waals surface area contributed by atoms with Gasteiger partial charge in [0.25, 0.3) is 0 Å². The Morgan fingerprint density at radius 2 is 2.14 bits per heavy atom. The number of nitrogens with zero attached hydrogens (tertiary/aromatic N) is 1. The van der Waals surface area contributed by atoms with Crippen molar-refractivity contribution in [3.63, 3.8) is 0 Å². The van der Waals surface area contributed by atoms with Crippen molar-refractivity contribution in [3.05, 3.63) is 12.2 Å². The molecule has 0 radical (unpaired) electrons. The third-order valence-corrected chi connectivity index (χ3v) is 5.62. The molecular weight excluding hydrogens is 270 g/mol. The first-order valence-electron chi connectivity index (χ1n) is 7.92. The Balaban J connectivity index is 1.63. The third kappa shape index (κ3) is 1.73. The number of carbonyl (C=O) groups is 2. The average molecular weight is 291 g/mol. The lowest BCUT2D eigenvalue weighted by atomic mass is 9.77. The number of ether oxygens (including phenoxy) is 2. The van der Waals surface area contributed by atoms with E-state index in [0.29, 0.717) is 12.6 Å². The summed E-state index contributed by atoms with van der Waals surface area (Å²) in [6.45, 7) is 0.599. The fraction of sp³-hybridized carbons (Fsp3) is 0.750. The van der Waals surface area contributed by atoms with Crippen LogP contribution in [0.25, 0.3) is 0 Å². The van der Waals surface area contributed by atoms with Crippen molar-refractivity contribution in [2.24, 2.45) is 11.8 Å². The Labute approximate surface area is 124 Å². The molecular formula is C16H21NO4. The molecule has 5 nitrogen and oxygen atoms in total. The van der Waals surface area contributed by atoms with Crippen molar-refractivity contribution in [1.82, 2.24) is 4.90 Å². The van der Waals surface area contributed by atoms with E-state index in [9.17, 15) is 9.59 Å². The SMILES string of the molecule is COC(=O)[C@@H]1[C@@H]2C=C[C@]3(CN(C4CCCCC4)C(=O)[C@H]13)O2. The maximum absolute atomic E-state index is 12.9. The zero-order valence-corrected chi connectivity index (χ0v) is 12.3. The molecule has 4 atom stereocenters. The van der Waals surface area contributed by atoms with Crippen LogP contribution in [0.5, 0.6) is 0 Å². The monoisotopic (exact) mass is 291 g/mol. The van der Waals surface area contributed by atoms with Crippen LogP contribution in [-0.4, -0.2) is 48.2 Å². The van der Waals surface area contributed by atoms with E-state index < -0.39 is 11.5 Å². The summed E-state index contributed by atoms with van der Waals surface area (Å²) in [7, 11) is 1.38. The molecule has 0 N–H and O–H groups in total. The first-order chi connectivity index (χ1) is 10.2. The fourth-order valence-electron chi connectivity index (χ4n) is 4.64. The van der Waals surface area contributed by atoms with E-state index in [4.69, 9.17) is 9.47 Å². The number of hydrogen-bond donors (Lipinski definition) is 0. The first-order valence-corrected chi connectivity index (χ1v) is 7.92. The second-order valence-electron chi connectivity index (χ2n) is 6.68. The minimum Gasteiger partial charge on any atom is -0.469 e. The summed E-state index contributed by atoms with van der Waals surface area (Å²) in [5, 5.41) is 0. The first kappa shape index (κ1) is 13.3. The molecule has 0 unspecified atom stereocenters. The van der Waals surface area contributed by atoms with Crippen LogP contribution in [0.15, 0.2) is 12.2 Å². The molecule has 4 rings (SSSR count). The van der Waals surface area contributed by atoms with E-state index in [1.807, 2.05) is 17.1 Å². The molecule has 4 aliphatic rings. The van der Waals surface area contributed by atoms with Gasteiger partial charge >= 0.3 is 5.97 Å². The van der Waals surface area contributed by atoms with Crippen molar-refractivity contribution < 1.29 is 19.1 Å². The molecule has 0 aromatic heterocycles. The third-order valence-electron chi connectivity index (χ3n) is 5.62. The van der Waals surface area contributed by atoms with Crippen LogP contribution in [0.2, 0.25) is 0 Å². The fourth-order valence-corrected chi connectivity index (χ4v) is 4.64. The number of esters is 1. The molecule has 1 aliphatic carbocycles. The quantitative estimate of drug-likeness (QED) is 0.568. The van der Waals surface area contributed by atoms with Gasteiger partial charge in [0.05, 0.1) is 25.7 Å². The van der Waals surface area contributed by atoms with Crippen molar-refractivity contribution in [2.45, 2.75) is 49.9 Å². The molecule has 2 bridgehead atoms. The van der Waals surface area contributed by atoms with E-state index in [2.05, 4.69) is 0 Å². The standard InChI is InChI=1S/C16H21NO4/c1-20-15(19)12-11-7-8-16(21-11)9-17(14(18)13(12)16)10-5-3-2-4-6-10/h7-8,10-13H,2-6,9H2,1H3/t11-,12+,13-,16+/m0/s1. The molecule has 114 valence electrons. The second-order valence-corrected chi connectivity index (χ2v) is 6.68. The van der Waals surface area contributed by atoms with Gasteiger partial charge in [0.1, 0.15) is 11.5 Å². The minimum atomic E-state index is -0.585. The summed E-state index contributed by atoms with van der Waals surface area (Å²) in [4.78, 5) is 26.9. The van der Waals surface area contributed by atoms with Crippen molar-refractivity contribution in [1.29, 1.82) is 0 Å². The minimum absolute atomic E-state index is 0.0872. The summed E-state index contributed by atoms with van der Waals surface area (Å²) < 4.78 is 10.9. The van der Waals surface area contributed by atoms with Crippen LogP contribution in [0, 0.1) is 11.8 Å². The van der Waals surface area contributed by atoms with Gasteiger partial charge in [-0.2, -0.15) is 0 Å². The second kappa shape index (κ2) is 4.57.